The molecule has 1 aromatic heterocycles. The van der Waals surface area contributed by atoms with Crippen molar-refractivity contribution in [2.75, 3.05) is 6.54 Å². The summed E-state index contributed by atoms with van der Waals surface area (Å²) in [7, 11) is 0. The van der Waals surface area contributed by atoms with Crippen molar-refractivity contribution in [2.24, 2.45) is 5.73 Å². The monoisotopic (exact) mass is 215 g/mol. The van der Waals surface area contributed by atoms with Crippen molar-refractivity contribution < 1.29 is 0 Å². The summed E-state index contributed by atoms with van der Waals surface area (Å²) in [5, 5.41) is 0. The fourth-order valence-electron chi connectivity index (χ4n) is 1.89. The first-order valence-electron chi connectivity index (χ1n) is 5.53. The minimum Gasteiger partial charge on any atom is -0.346 e. The number of H-pyrrole nitrogens is 1. The van der Waals surface area contributed by atoms with Gasteiger partial charge in [0.05, 0.1) is 5.69 Å². The van der Waals surface area contributed by atoms with Gasteiger partial charge in [0.15, 0.2) is 0 Å². The molecule has 0 saturated carbocycles. The molecule has 0 amide bonds. The minimum absolute atomic E-state index is 0.694. The first-order valence-corrected chi connectivity index (χ1v) is 5.53. The third-order valence-electron chi connectivity index (χ3n) is 2.66. The number of aryl methyl sites for hydroxylation is 2. The molecule has 1 aromatic carbocycles. The second kappa shape index (κ2) is 4.49. The molecule has 0 atom stereocenters. The van der Waals surface area contributed by atoms with Crippen LogP contribution in [0.2, 0.25) is 0 Å². The van der Waals surface area contributed by atoms with E-state index in [-0.39, 0.29) is 0 Å². The SMILES string of the molecule is Cc1nc(-c2ccc(CCN)cc2)c(C)[nH]1. The van der Waals surface area contributed by atoms with Crippen LogP contribution in [0.1, 0.15) is 17.1 Å². The van der Waals surface area contributed by atoms with Crippen LogP contribution in [0.25, 0.3) is 11.3 Å². The summed E-state index contributed by atoms with van der Waals surface area (Å²) in [6.07, 6.45) is 0.929. The van der Waals surface area contributed by atoms with Gasteiger partial charge in [0.1, 0.15) is 5.82 Å². The van der Waals surface area contributed by atoms with Gasteiger partial charge in [-0.1, -0.05) is 24.3 Å². The number of imidazole rings is 1. The van der Waals surface area contributed by atoms with Crippen LogP contribution in [0.3, 0.4) is 0 Å². The number of aromatic nitrogens is 2. The zero-order valence-corrected chi connectivity index (χ0v) is 9.75. The second-order valence-corrected chi connectivity index (χ2v) is 4.03. The van der Waals surface area contributed by atoms with E-state index in [0.717, 1.165) is 29.2 Å². The highest BCUT2D eigenvalue weighted by atomic mass is 14.9. The number of nitrogens with two attached hydrogens (primary N) is 1. The molecule has 0 aliphatic heterocycles. The van der Waals surface area contributed by atoms with E-state index in [0.29, 0.717) is 6.54 Å². The lowest BCUT2D eigenvalue weighted by atomic mass is 10.1. The van der Waals surface area contributed by atoms with E-state index in [1.54, 1.807) is 0 Å². The highest BCUT2D eigenvalue weighted by Crippen LogP contribution is 2.21. The van der Waals surface area contributed by atoms with Crippen molar-refractivity contribution in [3.63, 3.8) is 0 Å². The molecular weight excluding hydrogens is 198 g/mol. The lowest BCUT2D eigenvalue weighted by molar-refractivity contribution is 0.969. The molecule has 0 bridgehead atoms. The Morgan fingerprint density at radius 2 is 1.88 bits per heavy atom. The summed E-state index contributed by atoms with van der Waals surface area (Å²) >= 11 is 0. The minimum atomic E-state index is 0.694. The Hall–Kier alpha value is -1.61. The van der Waals surface area contributed by atoms with Crippen molar-refractivity contribution in [2.45, 2.75) is 20.3 Å². The standard InChI is InChI=1S/C13H17N3/c1-9-13(16-10(2)15-9)12-5-3-11(4-6-12)7-8-14/h3-6H,7-8,14H2,1-2H3,(H,15,16). The van der Waals surface area contributed by atoms with Gasteiger partial charge in [0, 0.05) is 11.3 Å². The predicted octanol–water partition coefficient (Wildman–Crippen LogP) is 2.19. The number of nitrogens with zero attached hydrogens (tertiary/aromatic N) is 1. The quantitative estimate of drug-likeness (QED) is 0.824. The van der Waals surface area contributed by atoms with Crippen molar-refractivity contribution >= 4 is 0 Å². The van der Waals surface area contributed by atoms with E-state index < -0.39 is 0 Å². The van der Waals surface area contributed by atoms with Crippen LogP contribution in [-0.4, -0.2) is 16.5 Å². The summed E-state index contributed by atoms with van der Waals surface area (Å²) in [5.41, 5.74) is 10.1. The first kappa shape index (κ1) is 10.9. The molecule has 0 fully saturated rings. The van der Waals surface area contributed by atoms with E-state index in [9.17, 15) is 0 Å². The molecular formula is C13H17N3. The molecule has 2 rings (SSSR count). The van der Waals surface area contributed by atoms with Gasteiger partial charge in [-0.2, -0.15) is 0 Å². The normalized spacial score (nSPS) is 10.7. The number of hydrogen-bond donors (Lipinski definition) is 2. The van der Waals surface area contributed by atoms with Gasteiger partial charge in [-0.15, -0.1) is 0 Å². The van der Waals surface area contributed by atoms with E-state index in [4.69, 9.17) is 5.73 Å². The van der Waals surface area contributed by atoms with Gasteiger partial charge in [0.25, 0.3) is 0 Å². The van der Waals surface area contributed by atoms with Gasteiger partial charge < -0.3 is 10.7 Å². The summed E-state index contributed by atoms with van der Waals surface area (Å²) in [4.78, 5) is 7.69. The van der Waals surface area contributed by atoms with Gasteiger partial charge in [-0.05, 0) is 32.4 Å². The van der Waals surface area contributed by atoms with Crippen LogP contribution in [-0.2, 0) is 6.42 Å². The maximum atomic E-state index is 5.52. The van der Waals surface area contributed by atoms with Crippen LogP contribution in [0.5, 0.6) is 0 Å². The molecule has 16 heavy (non-hydrogen) atoms. The van der Waals surface area contributed by atoms with Crippen LogP contribution < -0.4 is 5.73 Å². The number of hydrogen-bond acceptors (Lipinski definition) is 2. The van der Waals surface area contributed by atoms with Gasteiger partial charge >= 0.3 is 0 Å². The Labute approximate surface area is 95.7 Å². The third-order valence-corrected chi connectivity index (χ3v) is 2.66. The molecule has 2 aromatic rings. The van der Waals surface area contributed by atoms with Gasteiger partial charge in [0.2, 0.25) is 0 Å². The zero-order chi connectivity index (χ0) is 11.5. The highest BCUT2D eigenvalue weighted by Gasteiger charge is 2.06. The Kier molecular flexibility index (Phi) is 3.06. The molecule has 0 aliphatic rings. The molecule has 84 valence electrons. The van der Waals surface area contributed by atoms with Crippen LogP contribution in [0.15, 0.2) is 24.3 Å². The van der Waals surface area contributed by atoms with E-state index in [2.05, 4.69) is 34.2 Å². The molecule has 1 heterocycles. The number of aromatic amines is 1. The first-order chi connectivity index (χ1) is 7.70. The average Bonchev–Trinajstić information content (AvgIpc) is 2.59. The lowest BCUT2D eigenvalue weighted by Gasteiger charge is -2.01. The fraction of sp³-hybridized carbons (Fsp3) is 0.308. The highest BCUT2D eigenvalue weighted by molar-refractivity contribution is 5.62. The summed E-state index contributed by atoms with van der Waals surface area (Å²) < 4.78 is 0. The molecule has 0 spiro atoms. The average molecular weight is 215 g/mol. The molecule has 0 aliphatic carbocycles. The molecule has 3 heteroatoms. The Morgan fingerprint density at radius 3 is 2.38 bits per heavy atom. The Bertz CT molecular complexity index is 468. The third kappa shape index (κ3) is 2.14. The largest absolute Gasteiger partial charge is 0.346 e. The van der Waals surface area contributed by atoms with Crippen LogP contribution >= 0.6 is 0 Å². The summed E-state index contributed by atoms with van der Waals surface area (Å²) in [6, 6.07) is 8.44. The Morgan fingerprint density at radius 1 is 1.19 bits per heavy atom. The van der Waals surface area contributed by atoms with E-state index in [1.807, 2.05) is 13.8 Å². The molecule has 0 saturated heterocycles. The maximum Gasteiger partial charge on any atom is 0.103 e. The van der Waals surface area contributed by atoms with Gasteiger partial charge in [-0.3, -0.25) is 0 Å². The van der Waals surface area contributed by atoms with Crippen LogP contribution in [0.4, 0.5) is 0 Å². The lowest BCUT2D eigenvalue weighted by Crippen LogP contribution is -2.02. The van der Waals surface area contributed by atoms with Crippen molar-refractivity contribution in [1.29, 1.82) is 0 Å². The molecule has 0 unspecified atom stereocenters. The zero-order valence-electron chi connectivity index (χ0n) is 9.75. The number of nitrogens with one attached hydrogen (secondary N) is 1. The smallest absolute Gasteiger partial charge is 0.103 e. The fourth-order valence-corrected chi connectivity index (χ4v) is 1.89. The summed E-state index contributed by atoms with van der Waals surface area (Å²) in [6.45, 7) is 4.71. The topological polar surface area (TPSA) is 54.7 Å². The van der Waals surface area contributed by atoms with Crippen molar-refractivity contribution in [3.8, 4) is 11.3 Å². The van der Waals surface area contributed by atoms with Crippen molar-refractivity contribution in [1.82, 2.24) is 9.97 Å². The molecule has 3 N–H and O–H groups in total. The number of rotatable bonds is 3. The maximum absolute atomic E-state index is 5.52. The number of benzene rings is 1. The van der Waals surface area contributed by atoms with Gasteiger partial charge in [-0.25, -0.2) is 4.98 Å². The van der Waals surface area contributed by atoms with Crippen molar-refractivity contribution in [3.05, 3.63) is 41.3 Å². The van der Waals surface area contributed by atoms with Crippen LogP contribution in [0, 0.1) is 13.8 Å². The Balaban J connectivity index is 2.31. The second-order valence-electron chi connectivity index (χ2n) is 4.03. The predicted molar refractivity (Wildman–Crippen MR) is 66.3 cm³/mol. The summed E-state index contributed by atoms with van der Waals surface area (Å²) in [5.74, 6) is 0.957. The molecule has 0 radical (unpaired) electrons. The molecule has 3 nitrogen and oxygen atoms in total. The van der Waals surface area contributed by atoms with E-state index in [1.165, 1.54) is 5.56 Å². The van der Waals surface area contributed by atoms with E-state index >= 15 is 0 Å².